The first-order valence-electron chi connectivity index (χ1n) is 40.7. The maximum absolute atomic E-state index is 12.6. The third-order valence-electron chi connectivity index (χ3n) is 23.0. The van der Waals surface area contributed by atoms with Crippen LogP contribution in [0.4, 0.5) is 5.82 Å². The van der Waals surface area contributed by atoms with Crippen LogP contribution in [0.5, 0.6) is 0 Å². The number of hydrogen-bond acceptors (Lipinski definition) is 37. The highest BCUT2D eigenvalue weighted by atomic mass is 32.2. The fraction of sp³-hybridized carbons (Fsp3) is 0.823. The smallest absolute Gasteiger partial charge is 0.451 e. The molecule has 0 radical (unpaired) electrons. The van der Waals surface area contributed by atoms with Crippen molar-refractivity contribution < 1.29 is 170 Å². The number of hydrogen-bond donors (Lipinski definition) is 28. The first-order valence-corrected chi connectivity index (χ1v) is 49.3. The summed E-state index contributed by atoms with van der Waals surface area (Å²) in [4.78, 5) is 72.4. The number of nitrogens with zero attached hydrogens (tertiary/aromatic N) is 9. The zero-order valence-electron chi connectivity index (χ0n) is 72.5. The lowest BCUT2D eigenvalue weighted by Gasteiger charge is -2.26. The molecule has 6 fully saturated rings. The van der Waals surface area contributed by atoms with Crippen LogP contribution in [0.1, 0.15) is 97.8 Å². The average molecular weight is 1970 g/mol. The molecule has 742 valence electrons. The summed E-state index contributed by atoms with van der Waals surface area (Å²) in [6.45, 7) is 3.74. The minimum absolute atomic E-state index is 0.000340. The van der Waals surface area contributed by atoms with Crippen molar-refractivity contribution in [1.29, 1.82) is 0 Å². The molecule has 67 heteroatoms. The van der Waals surface area contributed by atoms with Crippen molar-refractivity contribution >= 4 is 146 Å². The van der Waals surface area contributed by atoms with Crippen LogP contribution in [0.25, 0.3) is 0 Å². The minimum atomic E-state index is -4.01. The zero-order chi connectivity index (χ0) is 99.6. The number of aliphatic carboxylic acids is 6. The van der Waals surface area contributed by atoms with E-state index in [1.54, 1.807) is 32.9 Å². The summed E-state index contributed by atoms with van der Waals surface area (Å²) in [5.74, 6) is -11.1. The van der Waals surface area contributed by atoms with Crippen molar-refractivity contribution in [3.05, 3.63) is 24.4 Å². The van der Waals surface area contributed by atoms with Crippen LogP contribution in [0.2, 0.25) is 37.9 Å². The lowest BCUT2D eigenvalue weighted by molar-refractivity contribution is -0.145. The Morgan fingerprint density at radius 3 is 0.860 bits per heavy atom. The van der Waals surface area contributed by atoms with Gasteiger partial charge in [0.1, 0.15) is 39.1 Å². The molecule has 7 rings (SSSR count). The van der Waals surface area contributed by atoms with Gasteiger partial charge in [-0.15, -0.1) is 0 Å². The Labute approximate surface area is 753 Å². The molecule has 0 unspecified atom stereocenters. The number of carboxylic acid groups (broad SMARTS) is 6. The number of nitrogens with two attached hydrogens (primary N) is 7. The first kappa shape index (κ1) is 120. The Bertz CT molecular complexity index is 4500. The van der Waals surface area contributed by atoms with Crippen LogP contribution >= 0.6 is 0 Å². The van der Waals surface area contributed by atoms with Gasteiger partial charge < -0.3 is 125 Å². The van der Waals surface area contributed by atoms with Gasteiger partial charge in [-0.3, -0.25) is 33.5 Å². The van der Waals surface area contributed by atoms with E-state index in [-0.39, 0.29) is 142 Å². The van der Waals surface area contributed by atoms with Gasteiger partial charge in [0.25, 0.3) is 51.0 Å². The van der Waals surface area contributed by atoms with Gasteiger partial charge in [0.05, 0.1) is 0 Å². The summed E-state index contributed by atoms with van der Waals surface area (Å²) in [6, 6.07) is 4.72. The van der Waals surface area contributed by atoms with Gasteiger partial charge in [-0.1, -0.05) is 65.4 Å². The third kappa shape index (κ3) is 34.2. The predicted octanol–water partition coefficient (Wildman–Crippen LogP) is -12.6. The maximum Gasteiger partial charge on any atom is 0.451 e. The summed E-state index contributed by atoms with van der Waals surface area (Å²) in [5.41, 5.74) is 25.3. The second kappa shape index (κ2) is 51.0. The number of aromatic nitrogens is 1. The predicted molar refractivity (Wildman–Crippen MR) is 468 cm³/mol. The number of pyridine rings is 1. The van der Waals surface area contributed by atoms with Gasteiger partial charge in [-0.25, -0.2) is 19.6 Å². The molecule has 35 N–H and O–H groups in total. The average Bonchev–Trinajstić information content (AvgIpc) is 1.63. The number of carboxylic acids is 6. The van der Waals surface area contributed by atoms with Crippen LogP contribution in [-0.4, -0.2) is 412 Å². The maximum atomic E-state index is 12.6. The Morgan fingerprint density at radius 1 is 0.395 bits per heavy atom. The van der Waals surface area contributed by atoms with E-state index < -0.39 is 209 Å². The summed E-state index contributed by atoms with van der Waals surface area (Å²) >= 11 is 0. The molecule has 0 aliphatic carbocycles. The zero-order valence-corrected chi connectivity index (χ0v) is 77.4. The Balaban J connectivity index is 0.000000525. The van der Waals surface area contributed by atoms with Gasteiger partial charge in [0, 0.05) is 161 Å². The molecule has 6 aliphatic rings. The summed E-state index contributed by atoms with van der Waals surface area (Å²) in [6.07, 6.45) is 5.72. The highest BCUT2D eigenvalue weighted by molar-refractivity contribution is 7.90. The van der Waals surface area contributed by atoms with Crippen molar-refractivity contribution in [2.45, 2.75) is 169 Å². The van der Waals surface area contributed by atoms with Crippen molar-refractivity contribution in [2.75, 3.05) is 124 Å². The number of carbonyl (C=O) groups is 6. The molecule has 0 spiro atoms. The van der Waals surface area contributed by atoms with Crippen LogP contribution in [0, 0.1) is 35.5 Å². The van der Waals surface area contributed by atoms with Gasteiger partial charge in [-0.2, -0.15) is 84.9 Å². The third-order valence-corrected chi connectivity index (χ3v) is 32.5. The van der Waals surface area contributed by atoms with Gasteiger partial charge >= 0.3 is 88.7 Å². The van der Waals surface area contributed by atoms with E-state index >= 15 is 0 Å². The van der Waals surface area contributed by atoms with Crippen LogP contribution in [0.15, 0.2) is 24.4 Å². The second-order valence-electron chi connectivity index (χ2n) is 32.4. The Hall–Kier alpha value is -5.30. The lowest BCUT2D eigenvalue weighted by atomic mass is 9.78. The minimum Gasteiger partial charge on any atom is -0.480 e. The fourth-order valence-electron chi connectivity index (χ4n) is 15.3. The van der Waals surface area contributed by atoms with E-state index in [0.717, 1.165) is 30.1 Å². The number of rotatable bonds is 45. The largest absolute Gasteiger partial charge is 0.480 e. The van der Waals surface area contributed by atoms with Crippen LogP contribution in [0.3, 0.4) is 0 Å². The SMILES string of the molecule is CCN(CC)S(=O)(=O)N1C[C@H](CCCB(O)O)[C@](N)(C(=O)O)C1.CCNS(=O)(=O)N1C[C@H](CCCB(O)O)[C@](N)(C(=O)O)C1.CN(C)S(=O)(=O)N1C[C@H](CCCB(O)O)[C@](N)(C(=O)O)C1.CNS(=O)(=O)N1C[C@H](CCCB(O)O)[C@](N)(C(=O)O)C1.N[C@@]1(C(=O)O)CN(S(=O)(=O)Nc2ccccn2)C[C@@H]1CCCB(O)O.N[C@@]1(C(=O)O)CN(S(N)(=O)=O)C[C@@H]1CCCB(O)O. The van der Waals surface area contributed by atoms with Crippen LogP contribution in [-0.2, 0) is 90.0 Å². The topological polar surface area (TPSA) is 928 Å². The standard InChI is InChI=1S/C13H21BN4O6S.C12H26BN3O6S.2C10H22BN3O6S.C9H20BN3O6S.C8H18BN3O6S/c15-13(12(19)20)9-18(8-10(13)4-3-6-14(21)22)25(23,24)17-11-5-1-2-7-16-11;1-3-15(4-2)23(21,22)16-8-10(6-5-7-13(19)20)12(14,9-16)11(17)18;1-13(2)21(19,20)14-6-8(4-3-5-11(17)18)10(12,7-14)9(15)16;1-2-13-21(19,20)14-6-8(4-3-5-11(17)18)10(12,7-14)9(15)16;1-12-20(18,19)13-5-7(3-2-4-10(16)17)9(11,6-13)8(14)15;10-8(7(13)14)5-12(19(11,17)18)4-6(8)2-1-3-9(15)16/h1-2,5,7,10,21-22H,3-4,6,8-9,15H2,(H,16,17)(H,19,20);10,19-20H,3-9,14H2,1-2H3,(H,17,18);8,17-18H,3-7,12H2,1-2H3,(H,15,16);8,13,17-18H,2-7,12H2,1H3,(H,15,16);7,12,16-17H,2-6,11H2,1H3,(H,14,15);6,15-16H,1-5,10H2,(H,13,14)(H2,11,17,18)/t10-,13-;10-,12-;2*8-,10-;7-,9-;6-,8-/m000000/s1. The fourth-order valence-corrected chi connectivity index (χ4v) is 22.6. The van der Waals surface area contributed by atoms with Crippen molar-refractivity contribution in [2.24, 2.45) is 75.0 Å². The lowest BCUT2D eigenvalue weighted by Crippen LogP contribution is -2.55. The molecule has 55 nitrogen and oxygen atoms in total. The molecule has 0 saturated carbocycles. The first-order chi connectivity index (χ1) is 59.1. The highest BCUT2D eigenvalue weighted by Gasteiger charge is 2.58. The molecule has 6 aliphatic heterocycles. The molecule has 1 aromatic rings. The molecule has 0 bridgehead atoms. The number of anilines is 1. The summed E-state index contributed by atoms with van der Waals surface area (Å²) in [5, 5.41) is 167. The Morgan fingerprint density at radius 2 is 0.636 bits per heavy atom. The molecule has 0 amide bonds. The molecule has 12 atom stereocenters. The quantitative estimate of drug-likeness (QED) is 0.0270. The Kier molecular flexibility index (Phi) is 47.4. The molecule has 129 heavy (non-hydrogen) atoms. The van der Waals surface area contributed by atoms with Crippen molar-refractivity contribution in [3.8, 4) is 0 Å². The van der Waals surface area contributed by atoms with Crippen molar-refractivity contribution in [1.82, 2.24) is 48.9 Å². The summed E-state index contributed by atoms with van der Waals surface area (Å²) in [7, 11) is -27.8. The van der Waals surface area contributed by atoms with E-state index in [1.807, 2.05) is 0 Å². The monoisotopic (exact) mass is 1970 g/mol. The molecule has 6 saturated heterocycles. The molecule has 1 aromatic heterocycles. The van der Waals surface area contributed by atoms with E-state index in [0.29, 0.717) is 77.3 Å². The number of nitrogens with one attached hydrogen (secondary N) is 3. The molecule has 0 aromatic carbocycles. The van der Waals surface area contributed by atoms with Crippen LogP contribution < -0.4 is 53.7 Å². The summed E-state index contributed by atoms with van der Waals surface area (Å²) < 4.78 is 159. The van der Waals surface area contributed by atoms with E-state index in [4.69, 9.17) is 105 Å². The molecular weight excluding hydrogens is 1840 g/mol. The van der Waals surface area contributed by atoms with Gasteiger partial charge in [0.15, 0.2) is 0 Å². The highest BCUT2D eigenvalue weighted by Crippen LogP contribution is 2.39. The molecular formula is C62H129B6N19O36S6. The normalized spacial score (nSPS) is 26.6. The van der Waals surface area contributed by atoms with Gasteiger partial charge in [-0.05, 0) is 88.6 Å². The van der Waals surface area contributed by atoms with E-state index in [9.17, 15) is 105 Å². The van der Waals surface area contributed by atoms with E-state index in [2.05, 4.69) is 19.2 Å². The van der Waals surface area contributed by atoms with Crippen molar-refractivity contribution in [3.63, 3.8) is 0 Å². The van der Waals surface area contributed by atoms with E-state index in [1.165, 1.54) is 37.7 Å². The second-order valence-corrected chi connectivity index (χ2v) is 43.4. The van der Waals surface area contributed by atoms with Gasteiger partial charge in [0.2, 0.25) is 0 Å². The molecule has 7 heterocycles.